The fourth-order valence-electron chi connectivity index (χ4n) is 4.03. The molecule has 4 N–H and O–H groups in total. The third kappa shape index (κ3) is 10.4. The Balaban J connectivity index is 2.02. The lowest BCUT2D eigenvalue weighted by atomic mass is 10.0. The second kappa shape index (κ2) is 13.4. The van der Waals surface area contributed by atoms with Gasteiger partial charge in [0.25, 0.3) is 0 Å². The third-order valence-electron chi connectivity index (χ3n) is 5.95. The number of amides is 3. The average molecular weight is 520 g/mol. The minimum Gasteiger partial charge on any atom is -0.467 e. The number of methoxy groups -OCH3 is 1. The van der Waals surface area contributed by atoms with E-state index in [9.17, 15) is 24.3 Å². The molecule has 5 atom stereocenters. The van der Waals surface area contributed by atoms with E-state index >= 15 is 0 Å². The van der Waals surface area contributed by atoms with Gasteiger partial charge in [0.05, 0.1) is 13.2 Å². The van der Waals surface area contributed by atoms with Crippen molar-refractivity contribution in [1.29, 1.82) is 0 Å². The monoisotopic (exact) mass is 519 g/mol. The summed E-state index contributed by atoms with van der Waals surface area (Å²) in [5.41, 5.74) is 0.184. The molecule has 2 rings (SSSR count). The van der Waals surface area contributed by atoms with Crippen molar-refractivity contribution in [3.63, 3.8) is 0 Å². The first kappa shape index (κ1) is 30.1. The number of hydrogen-bond acceptors (Lipinski definition) is 7. The number of rotatable bonds is 12. The number of benzene rings is 1. The number of aliphatic hydroxyl groups excluding tert-OH is 1. The highest BCUT2D eigenvalue weighted by molar-refractivity contribution is 5.92. The molecule has 0 unspecified atom stereocenters. The van der Waals surface area contributed by atoms with Gasteiger partial charge in [0.2, 0.25) is 11.8 Å². The number of esters is 1. The van der Waals surface area contributed by atoms with Crippen LogP contribution in [0.1, 0.15) is 53.0 Å². The summed E-state index contributed by atoms with van der Waals surface area (Å²) in [7, 11) is 1.27. The number of alkyl carbamates (subject to hydrolysis) is 1. The molecule has 10 nitrogen and oxygen atoms in total. The van der Waals surface area contributed by atoms with Crippen LogP contribution in [-0.4, -0.2) is 66.4 Å². The molecule has 0 heterocycles. The van der Waals surface area contributed by atoms with E-state index in [1.54, 1.807) is 20.8 Å². The van der Waals surface area contributed by atoms with E-state index in [1.165, 1.54) is 7.11 Å². The van der Waals surface area contributed by atoms with Gasteiger partial charge in [0.15, 0.2) is 0 Å². The number of carbonyl (C=O) groups excluding carboxylic acids is 4. The van der Waals surface area contributed by atoms with Crippen LogP contribution in [0, 0.1) is 17.8 Å². The highest BCUT2D eigenvalue weighted by Crippen LogP contribution is 2.41. The van der Waals surface area contributed by atoms with Crippen LogP contribution in [0.5, 0.6) is 0 Å². The van der Waals surface area contributed by atoms with Gasteiger partial charge in [0.1, 0.15) is 17.7 Å². The Bertz CT molecular complexity index is 930. The van der Waals surface area contributed by atoms with Crippen LogP contribution in [-0.2, 0) is 30.3 Å². The van der Waals surface area contributed by atoms with Crippen molar-refractivity contribution in [2.24, 2.45) is 17.8 Å². The maximum Gasteiger partial charge on any atom is 0.407 e. The Morgan fingerprint density at radius 2 is 1.70 bits per heavy atom. The quantitative estimate of drug-likeness (QED) is 0.309. The maximum atomic E-state index is 13.2. The van der Waals surface area contributed by atoms with Gasteiger partial charge in [-0.15, -0.1) is 0 Å². The van der Waals surface area contributed by atoms with Crippen LogP contribution in [0.4, 0.5) is 4.79 Å². The molecule has 3 amide bonds. The van der Waals surface area contributed by atoms with Crippen molar-refractivity contribution in [3.05, 3.63) is 35.9 Å². The maximum absolute atomic E-state index is 13.2. The summed E-state index contributed by atoms with van der Waals surface area (Å²) in [4.78, 5) is 50.3. The minimum absolute atomic E-state index is 0.0483. The van der Waals surface area contributed by atoms with Gasteiger partial charge in [-0.05, 0) is 51.0 Å². The van der Waals surface area contributed by atoms with Crippen molar-refractivity contribution >= 4 is 23.9 Å². The lowest BCUT2D eigenvalue weighted by molar-refractivity contribution is -0.145. The van der Waals surface area contributed by atoms with E-state index < -0.39 is 47.7 Å². The number of nitrogens with one attached hydrogen (secondary N) is 3. The van der Waals surface area contributed by atoms with E-state index in [2.05, 4.69) is 16.0 Å². The second-order valence-electron chi connectivity index (χ2n) is 10.9. The molecule has 1 aliphatic rings. The molecule has 0 aromatic heterocycles. The summed E-state index contributed by atoms with van der Waals surface area (Å²) in [5.74, 6) is -2.11. The van der Waals surface area contributed by atoms with Gasteiger partial charge >= 0.3 is 12.1 Å². The standard InChI is InChI=1S/C27H41N3O7/c1-16(2)12-21(25(34)36-6)30-24(33)20(13-17-10-8-7-9-11-17)29-23(32)19-14-18(19)22(31)15-28-26(35)37-27(3,4)5/h7-11,16,18-22,31H,12-15H2,1-6H3,(H,28,35)(H,29,32)(H,30,33)/t18-,19-,20+,21+,22-/m1/s1. The topological polar surface area (TPSA) is 143 Å². The second-order valence-corrected chi connectivity index (χ2v) is 10.9. The molecule has 0 spiro atoms. The normalized spacial score (nSPS) is 19.2. The Morgan fingerprint density at radius 1 is 1.05 bits per heavy atom. The minimum atomic E-state index is -0.931. The lowest BCUT2D eigenvalue weighted by Gasteiger charge is -2.23. The molecule has 0 radical (unpaired) electrons. The predicted octanol–water partition coefficient (Wildman–Crippen LogP) is 1.94. The van der Waals surface area contributed by atoms with Gasteiger partial charge in [-0.25, -0.2) is 9.59 Å². The van der Waals surface area contributed by atoms with Gasteiger partial charge in [0, 0.05) is 18.9 Å². The molecule has 0 aliphatic heterocycles. The zero-order valence-corrected chi connectivity index (χ0v) is 22.6. The van der Waals surface area contributed by atoms with Crippen molar-refractivity contribution in [2.45, 2.75) is 77.7 Å². The van der Waals surface area contributed by atoms with Crippen LogP contribution in [0.15, 0.2) is 30.3 Å². The molecule has 1 saturated carbocycles. The zero-order valence-electron chi connectivity index (χ0n) is 22.6. The van der Waals surface area contributed by atoms with Gasteiger partial charge < -0.3 is 30.5 Å². The lowest BCUT2D eigenvalue weighted by Crippen LogP contribution is -2.53. The molecule has 37 heavy (non-hydrogen) atoms. The van der Waals surface area contributed by atoms with Crippen molar-refractivity contribution in [3.8, 4) is 0 Å². The molecular formula is C27H41N3O7. The number of aliphatic hydroxyl groups is 1. The van der Waals surface area contributed by atoms with E-state index in [4.69, 9.17) is 9.47 Å². The molecule has 1 fully saturated rings. The first-order valence-corrected chi connectivity index (χ1v) is 12.7. The van der Waals surface area contributed by atoms with E-state index in [0.717, 1.165) is 5.56 Å². The molecule has 1 aromatic rings. The van der Waals surface area contributed by atoms with Crippen LogP contribution < -0.4 is 16.0 Å². The summed E-state index contributed by atoms with van der Waals surface area (Å²) >= 11 is 0. The average Bonchev–Trinajstić information content (AvgIpc) is 3.61. The first-order valence-electron chi connectivity index (χ1n) is 12.7. The highest BCUT2D eigenvalue weighted by Gasteiger charge is 2.48. The summed E-state index contributed by atoms with van der Waals surface area (Å²) in [6.45, 7) is 9.03. The Hall–Kier alpha value is -3.14. The number of hydrogen-bond donors (Lipinski definition) is 4. The molecule has 1 aliphatic carbocycles. The van der Waals surface area contributed by atoms with Crippen molar-refractivity contribution in [1.82, 2.24) is 16.0 Å². The summed E-state index contributed by atoms with van der Waals surface area (Å²) in [6.07, 6.45) is -0.519. The fourth-order valence-corrected chi connectivity index (χ4v) is 4.03. The largest absolute Gasteiger partial charge is 0.467 e. The summed E-state index contributed by atoms with van der Waals surface area (Å²) in [6, 6.07) is 7.48. The highest BCUT2D eigenvalue weighted by atomic mass is 16.6. The summed E-state index contributed by atoms with van der Waals surface area (Å²) in [5, 5.41) is 18.5. The van der Waals surface area contributed by atoms with Gasteiger partial charge in [-0.3, -0.25) is 9.59 Å². The molecule has 206 valence electrons. The smallest absolute Gasteiger partial charge is 0.407 e. The number of carbonyl (C=O) groups is 4. The van der Waals surface area contributed by atoms with Gasteiger partial charge in [-0.1, -0.05) is 44.2 Å². The fraction of sp³-hybridized carbons (Fsp3) is 0.630. The number of ether oxygens (including phenoxy) is 2. The van der Waals surface area contributed by atoms with Crippen LogP contribution in [0.2, 0.25) is 0 Å². The van der Waals surface area contributed by atoms with Crippen LogP contribution in [0.3, 0.4) is 0 Å². The van der Waals surface area contributed by atoms with Crippen molar-refractivity contribution < 1.29 is 33.8 Å². The van der Waals surface area contributed by atoms with Gasteiger partial charge in [-0.2, -0.15) is 0 Å². The Morgan fingerprint density at radius 3 is 2.27 bits per heavy atom. The molecule has 0 saturated heterocycles. The van der Waals surface area contributed by atoms with Crippen LogP contribution in [0.25, 0.3) is 0 Å². The third-order valence-corrected chi connectivity index (χ3v) is 5.95. The predicted molar refractivity (Wildman–Crippen MR) is 137 cm³/mol. The van der Waals surface area contributed by atoms with E-state index in [1.807, 2.05) is 44.2 Å². The molecule has 10 heteroatoms. The SMILES string of the molecule is COC(=O)[C@H](CC(C)C)NC(=O)[C@H](Cc1ccccc1)NC(=O)[C@@H]1C[C@H]1[C@H](O)CNC(=O)OC(C)(C)C. The molecule has 1 aromatic carbocycles. The first-order chi connectivity index (χ1) is 17.3. The van der Waals surface area contributed by atoms with Crippen molar-refractivity contribution in [2.75, 3.05) is 13.7 Å². The Labute approximate surface area is 218 Å². The van der Waals surface area contributed by atoms with E-state index in [-0.39, 0.29) is 30.7 Å². The molecule has 0 bridgehead atoms. The summed E-state index contributed by atoms with van der Waals surface area (Å²) < 4.78 is 10.0. The van der Waals surface area contributed by atoms with E-state index in [0.29, 0.717) is 12.8 Å². The zero-order chi connectivity index (χ0) is 27.8. The van der Waals surface area contributed by atoms with Crippen LogP contribution >= 0.6 is 0 Å². The Kier molecular flexibility index (Phi) is 10.9. The molecular weight excluding hydrogens is 478 g/mol.